The molecule has 302 valence electrons. The number of hydrogen-bond donors (Lipinski definition) is 0. The molecule has 0 bridgehead atoms. The topological polar surface area (TPSA) is 21.7 Å². The first-order chi connectivity index (χ1) is 30.0. The molecule has 7 aromatic carbocycles. The van der Waals surface area contributed by atoms with Crippen LogP contribution >= 0.6 is 0 Å². The minimum absolute atomic E-state index is 0.758. The third-order valence-corrected chi connectivity index (χ3v) is 10.8. The minimum atomic E-state index is 0.758. The molecule has 3 nitrogen and oxygen atoms in total. The summed E-state index contributed by atoms with van der Waals surface area (Å²) in [5, 5.41) is 0. The lowest BCUT2D eigenvalue weighted by Gasteiger charge is -2.28. The number of hydrogen-bond acceptors (Lipinski definition) is 3. The molecule has 0 unspecified atom stereocenters. The Bertz CT molecular complexity index is 2690. The van der Waals surface area contributed by atoms with Crippen molar-refractivity contribution >= 4 is 28.2 Å². The molecule has 0 aliphatic carbocycles. The largest absolute Gasteiger partial charge is 0.495 e. The predicted octanol–water partition coefficient (Wildman–Crippen LogP) is 16.8. The normalized spacial score (nSPS) is 11.7. The molecule has 0 spiro atoms. The van der Waals surface area contributed by atoms with Gasteiger partial charge in [-0.15, -0.1) is 0 Å². The molecule has 0 N–H and O–H groups in total. The van der Waals surface area contributed by atoms with Crippen molar-refractivity contribution < 1.29 is 9.47 Å². The first-order valence-electron chi connectivity index (χ1n) is 21.0. The zero-order chi connectivity index (χ0) is 42.6. The smallest absolute Gasteiger partial charge is 0.138 e. The summed E-state index contributed by atoms with van der Waals surface area (Å²) in [5.41, 5.74) is 14.5. The van der Waals surface area contributed by atoms with E-state index in [9.17, 15) is 0 Å². The standard InChI is InChI=1S/C58H53NO2/c1-7-11-22-43(9-3)46-31-35-48(36-32-46)59(49-37-33-47(34-38-49)45-24-15-13-16-25-45)50-39-40-53(54-29-19-21-42(5)57(54)61-51-26-17-14-18-27-51)56(41-50)55-30-20-28-52(58(55)60-6)44(10-4)23-12-8-2/h8-10,12-41H,3-4,7,11H2,1-2,5-6H3/b12-8-,43-22+,44-23+. The van der Waals surface area contributed by atoms with E-state index in [4.69, 9.17) is 9.47 Å². The molecule has 0 aliphatic heterocycles. The fraction of sp³-hybridized carbons (Fsp3) is 0.103. The zero-order valence-electron chi connectivity index (χ0n) is 35.6. The monoisotopic (exact) mass is 795 g/mol. The van der Waals surface area contributed by atoms with Gasteiger partial charge in [0.1, 0.15) is 17.2 Å². The lowest BCUT2D eigenvalue weighted by atomic mass is 9.89. The highest BCUT2D eigenvalue weighted by molar-refractivity contribution is 5.95. The van der Waals surface area contributed by atoms with Crippen LogP contribution in [-0.4, -0.2) is 7.11 Å². The van der Waals surface area contributed by atoms with Crippen molar-refractivity contribution in [3.8, 4) is 50.6 Å². The van der Waals surface area contributed by atoms with Crippen molar-refractivity contribution in [1.82, 2.24) is 0 Å². The maximum atomic E-state index is 6.71. The third-order valence-electron chi connectivity index (χ3n) is 10.8. The van der Waals surface area contributed by atoms with Gasteiger partial charge in [-0.3, -0.25) is 0 Å². The van der Waals surface area contributed by atoms with Gasteiger partial charge in [0.2, 0.25) is 0 Å². The number of benzene rings is 7. The number of methoxy groups -OCH3 is 1. The summed E-state index contributed by atoms with van der Waals surface area (Å²) < 4.78 is 13.1. The highest BCUT2D eigenvalue weighted by atomic mass is 16.5. The third kappa shape index (κ3) is 9.43. The molecule has 0 amide bonds. The van der Waals surface area contributed by atoms with Gasteiger partial charge in [-0.1, -0.05) is 178 Å². The van der Waals surface area contributed by atoms with Crippen LogP contribution in [0.4, 0.5) is 17.1 Å². The Morgan fingerprint density at radius 3 is 1.84 bits per heavy atom. The molecule has 7 aromatic rings. The summed E-state index contributed by atoms with van der Waals surface area (Å²) in [6, 6.07) is 57.4. The second-order valence-corrected chi connectivity index (χ2v) is 14.8. The first kappa shape index (κ1) is 41.8. The minimum Gasteiger partial charge on any atom is -0.495 e. The lowest BCUT2D eigenvalue weighted by molar-refractivity contribution is 0.415. The van der Waals surface area contributed by atoms with E-state index in [0.717, 1.165) is 103 Å². The molecule has 0 heterocycles. The van der Waals surface area contributed by atoms with E-state index in [1.54, 1.807) is 7.11 Å². The van der Waals surface area contributed by atoms with Gasteiger partial charge in [0.15, 0.2) is 0 Å². The fourth-order valence-corrected chi connectivity index (χ4v) is 7.70. The van der Waals surface area contributed by atoms with Crippen LogP contribution in [0.3, 0.4) is 0 Å². The number of anilines is 3. The van der Waals surface area contributed by atoms with Crippen LogP contribution in [-0.2, 0) is 0 Å². The van der Waals surface area contributed by atoms with Gasteiger partial charge >= 0.3 is 0 Å². The highest BCUT2D eigenvalue weighted by Gasteiger charge is 2.22. The first-order valence-corrected chi connectivity index (χ1v) is 21.0. The predicted molar refractivity (Wildman–Crippen MR) is 261 cm³/mol. The van der Waals surface area contributed by atoms with Crippen molar-refractivity contribution in [1.29, 1.82) is 0 Å². The molecule has 0 saturated heterocycles. The quantitative estimate of drug-likeness (QED) is 0.0910. The van der Waals surface area contributed by atoms with Crippen molar-refractivity contribution in [3.05, 3.63) is 230 Å². The van der Waals surface area contributed by atoms with Crippen LogP contribution in [0, 0.1) is 6.92 Å². The number of unbranched alkanes of at least 4 members (excludes halogenated alkanes) is 1. The van der Waals surface area contributed by atoms with E-state index < -0.39 is 0 Å². The van der Waals surface area contributed by atoms with E-state index in [-0.39, 0.29) is 0 Å². The second-order valence-electron chi connectivity index (χ2n) is 14.8. The van der Waals surface area contributed by atoms with Gasteiger partial charge < -0.3 is 14.4 Å². The summed E-state index contributed by atoms with van der Waals surface area (Å²) >= 11 is 0. The van der Waals surface area contributed by atoms with Crippen molar-refractivity contribution in [3.63, 3.8) is 0 Å². The van der Waals surface area contributed by atoms with Crippen molar-refractivity contribution in [2.45, 2.75) is 33.6 Å². The molecular formula is C58H53NO2. The number of ether oxygens (including phenoxy) is 2. The molecule has 0 aromatic heterocycles. The Balaban J connectivity index is 1.48. The second kappa shape index (κ2) is 20.1. The summed E-state index contributed by atoms with van der Waals surface area (Å²) in [7, 11) is 1.74. The maximum absolute atomic E-state index is 6.71. The van der Waals surface area contributed by atoms with Gasteiger partial charge in [0.25, 0.3) is 0 Å². The van der Waals surface area contributed by atoms with Crippen LogP contribution in [0.25, 0.3) is 44.5 Å². The van der Waals surface area contributed by atoms with Gasteiger partial charge in [0.05, 0.1) is 7.11 Å². The zero-order valence-corrected chi connectivity index (χ0v) is 35.6. The van der Waals surface area contributed by atoms with Gasteiger partial charge in [-0.25, -0.2) is 0 Å². The number of rotatable bonds is 16. The van der Waals surface area contributed by atoms with E-state index >= 15 is 0 Å². The summed E-state index contributed by atoms with van der Waals surface area (Å²) in [5.74, 6) is 2.34. The Morgan fingerprint density at radius 2 is 1.20 bits per heavy atom. The fourth-order valence-electron chi connectivity index (χ4n) is 7.70. The van der Waals surface area contributed by atoms with Crippen LogP contribution in [0.2, 0.25) is 0 Å². The lowest BCUT2D eigenvalue weighted by Crippen LogP contribution is -2.10. The van der Waals surface area contributed by atoms with Crippen LogP contribution < -0.4 is 14.4 Å². The Morgan fingerprint density at radius 1 is 0.590 bits per heavy atom. The average molecular weight is 796 g/mol. The summed E-state index contributed by atoms with van der Waals surface area (Å²) in [6.45, 7) is 14.6. The van der Waals surface area contributed by atoms with Gasteiger partial charge in [-0.05, 0) is 113 Å². The number of allylic oxidation sites excluding steroid dienone is 8. The Labute approximate surface area is 362 Å². The molecule has 61 heavy (non-hydrogen) atoms. The molecule has 0 aliphatic rings. The number of aryl methyl sites for hydroxylation is 1. The van der Waals surface area contributed by atoms with Gasteiger partial charge in [-0.2, -0.15) is 0 Å². The molecule has 0 fully saturated rings. The van der Waals surface area contributed by atoms with Crippen LogP contribution in [0.1, 0.15) is 43.4 Å². The van der Waals surface area contributed by atoms with Crippen LogP contribution in [0.15, 0.2) is 213 Å². The van der Waals surface area contributed by atoms with E-state index in [1.807, 2.05) is 61.6 Å². The molecule has 0 radical (unpaired) electrons. The summed E-state index contributed by atoms with van der Waals surface area (Å²) in [6.07, 6.45) is 14.3. The SMILES string of the molecule is C=C/C(=C\CCC)c1ccc(N(c2ccc(-c3ccccc3)cc2)c2ccc(-c3cccc(C)c3Oc3ccccc3)c(-c3cccc(/C(C=C)=C/C=C\C)c3OC)c2)cc1. The molecule has 0 atom stereocenters. The number of para-hydroxylation sites is 3. The number of nitrogens with zero attached hydrogens (tertiary/aromatic N) is 1. The highest BCUT2D eigenvalue weighted by Crippen LogP contribution is 2.48. The maximum Gasteiger partial charge on any atom is 0.138 e. The molecule has 7 rings (SSSR count). The van der Waals surface area contributed by atoms with Crippen molar-refractivity contribution in [2.24, 2.45) is 0 Å². The molecule has 3 heteroatoms. The molecule has 0 saturated carbocycles. The summed E-state index contributed by atoms with van der Waals surface area (Å²) in [4.78, 5) is 2.32. The van der Waals surface area contributed by atoms with E-state index in [1.165, 1.54) is 5.56 Å². The Hall–Kier alpha value is -7.36. The average Bonchev–Trinajstić information content (AvgIpc) is 3.31. The Kier molecular flexibility index (Phi) is 13.7. The molecular weight excluding hydrogens is 743 g/mol. The van der Waals surface area contributed by atoms with Crippen LogP contribution in [0.5, 0.6) is 17.2 Å². The van der Waals surface area contributed by atoms with Gasteiger partial charge in [0, 0.05) is 33.8 Å². The van der Waals surface area contributed by atoms with E-state index in [0.29, 0.717) is 0 Å². The van der Waals surface area contributed by atoms with E-state index in [2.05, 4.69) is 178 Å². The van der Waals surface area contributed by atoms with Crippen molar-refractivity contribution in [2.75, 3.05) is 12.0 Å².